The van der Waals surface area contributed by atoms with Gasteiger partial charge in [-0.2, -0.15) is 0 Å². The third-order valence-corrected chi connectivity index (χ3v) is 3.39. The molecule has 0 spiro atoms. The van der Waals surface area contributed by atoms with Gasteiger partial charge in [0.25, 0.3) is 0 Å². The van der Waals surface area contributed by atoms with E-state index in [1.165, 1.54) is 19.3 Å². The molecule has 0 aromatic heterocycles. The largest absolute Gasteiger partial charge is 0.497 e. The van der Waals surface area contributed by atoms with Crippen LogP contribution in [0.1, 0.15) is 35.2 Å². The average molecular weight is 249 g/mol. The Morgan fingerprint density at radius 2 is 2.06 bits per heavy atom. The van der Waals surface area contributed by atoms with Crippen LogP contribution < -0.4 is 4.74 Å². The molecule has 4 heteroatoms. The molecule has 98 valence electrons. The number of rotatable bonds is 4. The molecule has 1 aliphatic heterocycles. The Morgan fingerprint density at radius 1 is 1.33 bits per heavy atom. The van der Waals surface area contributed by atoms with Gasteiger partial charge in [0, 0.05) is 6.54 Å². The van der Waals surface area contributed by atoms with Crippen molar-refractivity contribution in [2.45, 2.75) is 25.8 Å². The Morgan fingerprint density at radius 3 is 2.67 bits per heavy atom. The fourth-order valence-electron chi connectivity index (χ4n) is 2.38. The number of nitrogens with zero attached hydrogens (tertiary/aromatic N) is 1. The molecule has 0 aliphatic carbocycles. The van der Waals surface area contributed by atoms with Crippen LogP contribution in [-0.4, -0.2) is 36.2 Å². The van der Waals surface area contributed by atoms with E-state index in [9.17, 15) is 9.90 Å². The molecule has 0 bridgehead atoms. The molecule has 1 aliphatic rings. The van der Waals surface area contributed by atoms with Crippen LogP contribution in [-0.2, 0) is 6.54 Å². The Balaban J connectivity index is 2.17. The highest BCUT2D eigenvalue weighted by molar-refractivity contribution is 5.89. The van der Waals surface area contributed by atoms with Crippen molar-refractivity contribution >= 4 is 5.97 Å². The predicted octanol–water partition coefficient (Wildman–Crippen LogP) is 2.38. The van der Waals surface area contributed by atoms with Crippen molar-refractivity contribution < 1.29 is 14.6 Å². The number of aromatic carboxylic acids is 1. The minimum Gasteiger partial charge on any atom is -0.497 e. The number of methoxy groups -OCH3 is 1. The van der Waals surface area contributed by atoms with E-state index >= 15 is 0 Å². The molecule has 1 aromatic rings. The molecule has 0 unspecified atom stereocenters. The number of carboxylic acid groups (broad SMARTS) is 1. The standard InChI is InChI=1S/C14H19NO3/c1-18-12-6-5-11(13(9-12)14(16)17)10-15-7-3-2-4-8-15/h5-6,9H,2-4,7-8,10H2,1H3,(H,16,17). The lowest BCUT2D eigenvalue weighted by molar-refractivity contribution is 0.0693. The molecule has 4 nitrogen and oxygen atoms in total. The van der Waals surface area contributed by atoms with Crippen molar-refractivity contribution in [2.75, 3.05) is 20.2 Å². The van der Waals surface area contributed by atoms with Crippen LogP contribution in [0.25, 0.3) is 0 Å². The van der Waals surface area contributed by atoms with Crippen LogP contribution in [0.15, 0.2) is 18.2 Å². The Kier molecular flexibility index (Phi) is 4.20. The van der Waals surface area contributed by atoms with Crippen LogP contribution in [0, 0.1) is 0 Å². The minimum atomic E-state index is -0.888. The second-order valence-electron chi connectivity index (χ2n) is 4.67. The van der Waals surface area contributed by atoms with E-state index in [4.69, 9.17) is 4.74 Å². The van der Waals surface area contributed by atoms with E-state index in [-0.39, 0.29) is 0 Å². The van der Waals surface area contributed by atoms with Gasteiger partial charge < -0.3 is 9.84 Å². The van der Waals surface area contributed by atoms with Crippen LogP contribution in [0.2, 0.25) is 0 Å². The number of carbonyl (C=O) groups is 1. The van der Waals surface area contributed by atoms with E-state index < -0.39 is 5.97 Å². The summed E-state index contributed by atoms with van der Waals surface area (Å²) in [5.41, 5.74) is 1.21. The number of carboxylic acids is 1. The van der Waals surface area contributed by atoms with E-state index in [1.54, 1.807) is 13.2 Å². The first-order valence-electron chi connectivity index (χ1n) is 6.33. The Bertz CT molecular complexity index is 425. The number of ether oxygens (including phenoxy) is 1. The minimum absolute atomic E-state index is 0.347. The molecule has 18 heavy (non-hydrogen) atoms. The second-order valence-corrected chi connectivity index (χ2v) is 4.67. The monoisotopic (exact) mass is 249 g/mol. The lowest BCUT2D eigenvalue weighted by atomic mass is 10.0. The molecule has 0 radical (unpaired) electrons. The smallest absolute Gasteiger partial charge is 0.336 e. The molecular formula is C14H19NO3. The molecule has 1 fully saturated rings. The van der Waals surface area contributed by atoms with Crippen LogP contribution in [0.4, 0.5) is 0 Å². The summed E-state index contributed by atoms with van der Waals surface area (Å²) >= 11 is 0. The highest BCUT2D eigenvalue weighted by atomic mass is 16.5. The highest BCUT2D eigenvalue weighted by Gasteiger charge is 2.16. The number of piperidine rings is 1. The summed E-state index contributed by atoms with van der Waals surface area (Å²) in [6, 6.07) is 5.28. The second kappa shape index (κ2) is 5.87. The number of hydrogen-bond donors (Lipinski definition) is 1. The number of likely N-dealkylation sites (tertiary alicyclic amines) is 1. The lowest BCUT2D eigenvalue weighted by Gasteiger charge is -2.27. The molecule has 1 N–H and O–H groups in total. The van der Waals surface area contributed by atoms with Gasteiger partial charge in [-0.05, 0) is 43.6 Å². The number of benzene rings is 1. The van der Waals surface area contributed by atoms with Gasteiger partial charge in [0.2, 0.25) is 0 Å². The first kappa shape index (κ1) is 12.9. The van der Waals surface area contributed by atoms with Crippen molar-refractivity contribution in [3.05, 3.63) is 29.3 Å². The normalized spacial score (nSPS) is 16.5. The Hall–Kier alpha value is -1.55. The maximum atomic E-state index is 11.3. The van der Waals surface area contributed by atoms with Crippen LogP contribution in [0.5, 0.6) is 5.75 Å². The lowest BCUT2D eigenvalue weighted by Crippen LogP contribution is -2.29. The zero-order valence-corrected chi connectivity index (χ0v) is 10.7. The van der Waals surface area contributed by atoms with Gasteiger partial charge >= 0.3 is 5.97 Å². The summed E-state index contributed by atoms with van der Waals surface area (Å²) in [7, 11) is 1.55. The van der Waals surface area contributed by atoms with Gasteiger partial charge in [-0.3, -0.25) is 4.90 Å². The Labute approximate surface area is 107 Å². The molecule has 2 rings (SSSR count). The maximum Gasteiger partial charge on any atom is 0.336 e. The van der Waals surface area contributed by atoms with Gasteiger partial charge in [-0.25, -0.2) is 4.79 Å². The molecule has 0 amide bonds. The topological polar surface area (TPSA) is 49.8 Å². The predicted molar refractivity (Wildman–Crippen MR) is 69.1 cm³/mol. The van der Waals surface area contributed by atoms with Gasteiger partial charge in [-0.15, -0.1) is 0 Å². The summed E-state index contributed by atoms with van der Waals surface area (Å²) in [4.78, 5) is 13.6. The average Bonchev–Trinajstić information content (AvgIpc) is 2.40. The van der Waals surface area contributed by atoms with E-state index in [1.807, 2.05) is 12.1 Å². The quantitative estimate of drug-likeness (QED) is 0.890. The molecular weight excluding hydrogens is 230 g/mol. The van der Waals surface area contributed by atoms with E-state index in [2.05, 4.69) is 4.90 Å². The van der Waals surface area contributed by atoms with E-state index in [0.29, 0.717) is 17.9 Å². The zero-order valence-electron chi connectivity index (χ0n) is 10.7. The molecule has 1 heterocycles. The van der Waals surface area contributed by atoms with Gasteiger partial charge in [0.1, 0.15) is 5.75 Å². The van der Waals surface area contributed by atoms with Crippen molar-refractivity contribution in [3.8, 4) is 5.75 Å². The zero-order chi connectivity index (χ0) is 13.0. The molecule has 1 aromatic carbocycles. The van der Waals surface area contributed by atoms with Crippen molar-refractivity contribution in [3.63, 3.8) is 0 Å². The van der Waals surface area contributed by atoms with Crippen molar-refractivity contribution in [2.24, 2.45) is 0 Å². The fourth-order valence-corrected chi connectivity index (χ4v) is 2.38. The van der Waals surface area contributed by atoms with Gasteiger partial charge in [-0.1, -0.05) is 12.5 Å². The molecule has 1 saturated heterocycles. The third kappa shape index (κ3) is 3.01. The first-order chi connectivity index (χ1) is 8.70. The summed E-state index contributed by atoms with van der Waals surface area (Å²) in [5.74, 6) is -0.296. The summed E-state index contributed by atoms with van der Waals surface area (Å²) in [6.45, 7) is 2.84. The number of hydrogen-bond acceptors (Lipinski definition) is 3. The fraction of sp³-hybridized carbons (Fsp3) is 0.500. The first-order valence-corrected chi connectivity index (χ1v) is 6.33. The van der Waals surface area contributed by atoms with E-state index in [0.717, 1.165) is 18.7 Å². The molecule has 0 atom stereocenters. The van der Waals surface area contributed by atoms with Crippen LogP contribution in [0.3, 0.4) is 0 Å². The van der Waals surface area contributed by atoms with Crippen LogP contribution >= 0.6 is 0 Å². The van der Waals surface area contributed by atoms with Gasteiger partial charge in [0.05, 0.1) is 12.7 Å². The third-order valence-electron chi connectivity index (χ3n) is 3.39. The van der Waals surface area contributed by atoms with Crippen molar-refractivity contribution in [1.29, 1.82) is 0 Å². The summed E-state index contributed by atoms with van der Waals surface area (Å²) in [5, 5.41) is 9.24. The summed E-state index contributed by atoms with van der Waals surface area (Å²) < 4.78 is 5.07. The highest BCUT2D eigenvalue weighted by Crippen LogP contribution is 2.21. The SMILES string of the molecule is COc1ccc(CN2CCCCC2)c(C(=O)O)c1. The molecule has 0 saturated carbocycles. The maximum absolute atomic E-state index is 11.3. The van der Waals surface area contributed by atoms with Gasteiger partial charge in [0.15, 0.2) is 0 Å². The van der Waals surface area contributed by atoms with Crippen molar-refractivity contribution in [1.82, 2.24) is 4.90 Å². The summed E-state index contributed by atoms with van der Waals surface area (Å²) in [6.07, 6.45) is 3.70.